The molecule has 1 heterocycles. The first-order valence-electron chi connectivity index (χ1n) is 4.02. The smallest absolute Gasteiger partial charge is 0.314 e. The zero-order valence-electron chi connectivity index (χ0n) is 7.53. The molecule has 0 radical (unpaired) electrons. The summed E-state index contributed by atoms with van der Waals surface area (Å²) in [4.78, 5) is 27.2. The summed E-state index contributed by atoms with van der Waals surface area (Å²) >= 11 is 11.4. The van der Waals surface area contributed by atoms with Crippen LogP contribution < -0.4 is 5.56 Å². The number of aromatic amines is 1. The lowest BCUT2D eigenvalue weighted by Crippen LogP contribution is -2.07. The van der Waals surface area contributed by atoms with E-state index in [2.05, 4.69) is 9.97 Å². The second-order valence-corrected chi connectivity index (χ2v) is 3.70. The first-order chi connectivity index (χ1) is 7.50. The molecule has 0 aliphatic heterocycles. The second kappa shape index (κ2) is 3.73. The van der Waals surface area contributed by atoms with Crippen LogP contribution in [0.4, 0.5) is 5.69 Å². The summed E-state index contributed by atoms with van der Waals surface area (Å²) in [6.07, 6.45) is 1.01. The van der Waals surface area contributed by atoms with E-state index in [1.165, 1.54) is 6.07 Å². The summed E-state index contributed by atoms with van der Waals surface area (Å²) in [5, 5.41) is 10.6. The van der Waals surface area contributed by atoms with Crippen molar-refractivity contribution in [2.75, 3.05) is 0 Å². The number of aromatic nitrogens is 2. The minimum absolute atomic E-state index is 0.0143. The minimum atomic E-state index is -0.714. The molecule has 82 valence electrons. The van der Waals surface area contributed by atoms with Crippen LogP contribution in [0.5, 0.6) is 0 Å². The molecule has 0 fully saturated rings. The number of nitrogens with zero attached hydrogens (tertiary/aromatic N) is 2. The monoisotopic (exact) mass is 259 g/mol. The van der Waals surface area contributed by atoms with Gasteiger partial charge < -0.3 is 4.98 Å². The Hall–Kier alpha value is -1.66. The summed E-state index contributed by atoms with van der Waals surface area (Å²) < 4.78 is 0. The van der Waals surface area contributed by atoms with E-state index in [1.807, 2.05) is 0 Å². The first-order valence-corrected chi connectivity index (χ1v) is 4.77. The Morgan fingerprint density at radius 3 is 2.75 bits per heavy atom. The third-order valence-electron chi connectivity index (χ3n) is 1.93. The Labute approximate surface area is 98.0 Å². The molecule has 1 aromatic carbocycles. The summed E-state index contributed by atoms with van der Waals surface area (Å²) in [5.41, 5.74) is -0.823. The highest BCUT2D eigenvalue weighted by Crippen LogP contribution is 2.36. The average molecular weight is 260 g/mol. The van der Waals surface area contributed by atoms with Crippen LogP contribution in [0, 0.1) is 10.1 Å². The van der Waals surface area contributed by atoms with Gasteiger partial charge in [0.05, 0.1) is 21.7 Å². The molecule has 0 unspecified atom stereocenters. The molecule has 0 saturated carbocycles. The van der Waals surface area contributed by atoms with Crippen molar-refractivity contribution in [1.82, 2.24) is 9.97 Å². The molecule has 6 nitrogen and oxygen atoms in total. The normalized spacial score (nSPS) is 10.6. The van der Waals surface area contributed by atoms with Crippen LogP contribution in [0.15, 0.2) is 17.1 Å². The van der Waals surface area contributed by atoms with Gasteiger partial charge in [-0.2, -0.15) is 0 Å². The lowest BCUT2D eigenvalue weighted by molar-refractivity contribution is -0.383. The van der Waals surface area contributed by atoms with E-state index < -0.39 is 16.2 Å². The lowest BCUT2D eigenvalue weighted by atomic mass is 10.2. The van der Waals surface area contributed by atoms with Gasteiger partial charge in [0.25, 0.3) is 5.56 Å². The first kappa shape index (κ1) is 10.8. The van der Waals surface area contributed by atoms with Crippen LogP contribution >= 0.6 is 23.2 Å². The van der Waals surface area contributed by atoms with Crippen LogP contribution in [0.3, 0.4) is 0 Å². The van der Waals surface area contributed by atoms with E-state index in [0.29, 0.717) is 0 Å². The molecule has 0 amide bonds. The highest BCUT2D eigenvalue weighted by molar-refractivity contribution is 6.44. The van der Waals surface area contributed by atoms with E-state index in [9.17, 15) is 14.9 Å². The van der Waals surface area contributed by atoms with E-state index >= 15 is 0 Å². The molecule has 0 bridgehead atoms. The number of halogens is 2. The number of nitro benzene ring substituents is 1. The minimum Gasteiger partial charge on any atom is -0.314 e. The Bertz CT molecular complexity index is 653. The summed E-state index contributed by atoms with van der Waals surface area (Å²) in [7, 11) is 0. The van der Waals surface area contributed by atoms with Crippen molar-refractivity contribution in [2.45, 2.75) is 0 Å². The third-order valence-corrected chi connectivity index (χ3v) is 2.70. The number of nitro groups is 1. The molecule has 2 aromatic rings. The molecule has 2 rings (SSSR count). The molecule has 0 aliphatic carbocycles. The SMILES string of the molecule is O=c1cnc2cc(Cl)c(Cl)c([N+](=O)[O-])c2[nH]1. The van der Waals surface area contributed by atoms with Gasteiger partial charge in [-0.15, -0.1) is 0 Å². The zero-order valence-corrected chi connectivity index (χ0v) is 9.04. The van der Waals surface area contributed by atoms with E-state index in [1.54, 1.807) is 0 Å². The van der Waals surface area contributed by atoms with Gasteiger partial charge in [-0.3, -0.25) is 14.9 Å². The van der Waals surface area contributed by atoms with Crippen molar-refractivity contribution in [2.24, 2.45) is 0 Å². The maximum absolute atomic E-state index is 11.0. The quantitative estimate of drug-likeness (QED) is 0.628. The fraction of sp³-hybridized carbons (Fsp3) is 0. The highest BCUT2D eigenvalue weighted by atomic mass is 35.5. The number of H-pyrrole nitrogens is 1. The van der Waals surface area contributed by atoms with Crippen molar-refractivity contribution >= 4 is 39.9 Å². The summed E-state index contributed by atoms with van der Waals surface area (Å²) in [6.45, 7) is 0. The Kier molecular flexibility index (Phi) is 2.53. The molecule has 16 heavy (non-hydrogen) atoms. The standard InChI is InChI=1S/C8H3Cl2N3O3/c9-3-1-4-7(12-5(14)2-11-4)8(6(3)10)13(15)16/h1-2H,(H,12,14). The number of nitrogens with one attached hydrogen (secondary N) is 1. The van der Waals surface area contributed by atoms with Crippen LogP contribution in [0.2, 0.25) is 10.0 Å². The Morgan fingerprint density at radius 1 is 1.44 bits per heavy atom. The van der Waals surface area contributed by atoms with Gasteiger partial charge in [0.2, 0.25) is 0 Å². The number of hydrogen-bond acceptors (Lipinski definition) is 4. The third kappa shape index (κ3) is 1.62. The summed E-state index contributed by atoms with van der Waals surface area (Å²) in [5.74, 6) is 0. The van der Waals surface area contributed by atoms with Crippen molar-refractivity contribution in [3.63, 3.8) is 0 Å². The molecule has 0 saturated heterocycles. The van der Waals surface area contributed by atoms with Gasteiger partial charge in [0, 0.05) is 0 Å². The number of hydrogen-bond donors (Lipinski definition) is 1. The molecule has 0 spiro atoms. The maximum atomic E-state index is 11.0. The molecule has 1 aromatic heterocycles. The predicted molar refractivity (Wildman–Crippen MR) is 59.0 cm³/mol. The average Bonchev–Trinajstić information content (AvgIpc) is 2.20. The molecule has 1 N–H and O–H groups in total. The van der Waals surface area contributed by atoms with Crippen molar-refractivity contribution in [3.05, 3.63) is 42.8 Å². The van der Waals surface area contributed by atoms with Gasteiger partial charge in [0.15, 0.2) is 0 Å². The van der Waals surface area contributed by atoms with E-state index in [-0.39, 0.29) is 21.1 Å². The van der Waals surface area contributed by atoms with Crippen LogP contribution in [-0.4, -0.2) is 14.9 Å². The number of benzene rings is 1. The van der Waals surface area contributed by atoms with E-state index in [0.717, 1.165) is 6.20 Å². The van der Waals surface area contributed by atoms with Crippen molar-refractivity contribution in [1.29, 1.82) is 0 Å². The topological polar surface area (TPSA) is 88.9 Å². The molecule has 0 aliphatic rings. The van der Waals surface area contributed by atoms with Crippen molar-refractivity contribution < 1.29 is 4.92 Å². The fourth-order valence-electron chi connectivity index (χ4n) is 1.28. The largest absolute Gasteiger partial charge is 0.314 e. The molecule has 8 heteroatoms. The Morgan fingerprint density at radius 2 is 2.12 bits per heavy atom. The molecular weight excluding hydrogens is 257 g/mol. The van der Waals surface area contributed by atoms with Gasteiger partial charge >= 0.3 is 5.69 Å². The van der Waals surface area contributed by atoms with Crippen LogP contribution in [0.25, 0.3) is 11.0 Å². The maximum Gasteiger partial charge on any atom is 0.314 e. The van der Waals surface area contributed by atoms with Gasteiger partial charge in [-0.05, 0) is 6.07 Å². The summed E-state index contributed by atoms with van der Waals surface area (Å²) in [6, 6.07) is 1.35. The van der Waals surface area contributed by atoms with Crippen molar-refractivity contribution in [3.8, 4) is 0 Å². The zero-order chi connectivity index (χ0) is 11.9. The molecular formula is C8H3Cl2N3O3. The highest BCUT2D eigenvalue weighted by Gasteiger charge is 2.22. The fourth-order valence-corrected chi connectivity index (χ4v) is 1.69. The Balaban J connectivity index is 3.02. The molecule has 0 atom stereocenters. The number of fused-ring (bicyclic) bond motifs is 1. The van der Waals surface area contributed by atoms with Gasteiger partial charge in [-0.1, -0.05) is 23.2 Å². The van der Waals surface area contributed by atoms with Crippen LogP contribution in [-0.2, 0) is 0 Å². The van der Waals surface area contributed by atoms with Gasteiger partial charge in [-0.25, -0.2) is 4.98 Å². The van der Waals surface area contributed by atoms with E-state index in [4.69, 9.17) is 23.2 Å². The van der Waals surface area contributed by atoms with Crippen LogP contribution in [0.1, 0.15) is 0 Å². The number of rotatable bonds is 1. The predicted octanol–water partition coefficient (Wildman–Crippen LogP) is 2.14. The lowest BCUT2D eigenvalue weighted by Gasteiger charge is -2.02. The van der Waals surface area contributed by atoms with Gasteiger partial charge in [0.1, 0.15) is 10.5 Å². The second-order valence-electron chi connectivity index (χ2n) is 2.92.